The molecule has 0 amide bonds. The third-order valence-corrected chi connectivity index (χ3v) is 2.86. The van der Waals surface area contributed by atoms with Gasteiger partial charge in [-0.1, -0.05) is 12.1 Å². The first-order valence-corrected chi connectivity index (χ1v) is 5.83. The Balaban J connectivity index is 2.11. The summed E-state index contributed by atoms with van der Waals surface area (Å²) in [5.74, 6) is 0. The molecule has 0 radical (unpaired) electrons. The fraction of sp³-hybridized carbons (Fsp3) is 0. The minimum Gasteiger partial charge on any atom is -0.397 e. The van der Waals surface area contributed by atoms with Gasteiger partial charge in [0, 0.05) is 17.6 Å². The molecule has 0 bridgehead atoms. The molecule has 2 heterocycles. The Kier molecular flexibility index (Phi) is 2.64. The summed E-state index contributed by atoms with van der Waals surface area (Å²) in [6, 6.07) is 12.6. The number of H-pyrrole nitrogens is 1. The van der Waals surface area contributed by atoms with Crippen molar-refractivity contribution < 1.29 is 0 Å². The molecule has 0 aliphatic rings. The Hall–Kier alpha value is -2.82. The summed E-state index contributed by atoms with van der Waals surface area (Å²) in [5, 5.41) is 4.09. The van der Waals surface area contributed by atoms with E-state index in [0.29, 0.717) is 11.3 Å². The minimum atomic E-state index is -0.170. The fourth-order valence-electron chi connectivity index (χ4n) is 1.92. The molecule has 2 aromatic heterocycles. The van der Waals surface area contributed by atoms with Gasteiger partial charge in [0.15, 0.2) is 0 Å². The lowest BCUT2D eigenvalue weighted by atomic mass is 10.2. The molecule has 3 rings (SSSR count). The SMILES string of the molecule is Nc1ccccc1Nc1ccnc2[nH]c(=O)ccc12. The van der Waals surface area contributed by atoms with Crippen LogP contribution in [0.15, 0.2) is 53.5 Å². The molecule has 0 atom stereocenters. The van der Waals surface area contributed by atoms with Crippen LogP contribution in [0.25, 0.3) is 11.0 Å². The van der Waals surface area contributed by atoms with Gasteiger partial charge in [-0.15, -0.1) is 0 Å². The summed E-state index contributed by atoms with van der Waals surface area (Å²) >= 11 is 0. The van der Waals surface area contributed by atoms with Crippen molar-refractivity contribution in [3.63, 3.8) is 0 Å². The largest absolute Gasteiger partial charge is 0.397 e. The number of nitrogens with two attached hydrogens (primary N) is 1. The first-order valence-electron chi connectivity index (χ1n) is 5.83. The molecule has 0 saturated carbocycles. The highest BCUT2D eigenvalue weighted by Gasteiger charge is 2.04. The summed E-state index contributed by atoms with van der Waals surface area (Å²) in [4.78, 5) is 18.1. The van der Waals surface area contributed by atoms with Gasteiger partial charge < -0.3 is 16.0 Å². The highest BCUT2D eigenvalue weighted by atomic mass is 16.1. The van der Waals surface area contributed by atoms with E-state index < -0.39 is 0 Å². The zero-order valence-corrected chi connectivity index (χ0v) is 10.1. The van der Waals surface area contributed by atoms with Gasteiger partial charge in [-0.05, 0) is 24.3 Å². The predicted molar refractivity (Wildman–Crippen MR) is 76.5 cm³/mol. The molecule has 0 unspecified atom stereocenters. The Morgan fingerprint density at radius 2 is 1.89 bits per heavy atom. The van der Waals surface area contributed by atoms with Crippen molar-refractivity contribution in [1.29, 1.82) is 0 Å². The van der Waals surface area contributed by atoms with Gasteiger partial charge >= 0.3 is 0 Å². The molecule has 5 heteroatoms. The van der Waals surface area contributed by atoms with Crippen molar-refractivity contribution in [2.45, 2.75) is 0 Å². The van der Waals surface area contributed by atoms with Crippen LogP contribution in [0.1, 0.15) is 0 Å². The molecule has 3 aromatic rings. The van der Waals surface area contributed by atoms with E-state index in [2.05, 4.69) is 15.3 Å². The maximum Gasteiger partial charge on any atom is 0.249 e. The van der Waals surface area contributed by atoms with Crippen LogP contribution in [0.4, 0.5) is 17.1 Å². The maximum absolute atomic E-state index is 11.3. The van der Waals surface area contributed by atoms with Crippen molar-refractivity contribution in [2.75, 3.05) is 11.1 Å². The molecule has 4 N–H and O–H groups in total. The molecule has 5 nitrogen and oxygen atoms in total. The van der Waals surface area contributed by atoms with E-state index in [1.165, 1.54) is 6.07 Å². The van der Waals surface area contributed by atoms with Crippen LogP contribution >= 0.6 is 0 Å². The lowest BCUT2D eigenvalue weighted by molar-refractivity contribution is 1.23. The molecule has 0 aliphatic heterocycles. The molecule has 0 fully saturated rings. The number of fused-ring (bicyclic) bond motifs is 1. The molecule has 94 valence electrons. The van der Waals surface area contributed by atoms with Crippen LogP contribution in [-0.2, 0) is 0 Å². The summed E-state index contributed by atoms with van der Waals surface area (Å²) in [6.07, 6.45) is 1.64. The smallest absolute Gasteiger partial charge is 0.249 e. The van der Waals surface area contributed by atoms with E-state index in [9.17, 15) is 4.79 Å². The third-order valence-electron chi connectivity index (χ3n) is 2.86. The van der Waals surface area contributed by atoms with Crippen molar-refractivity contribution in [1.82, 2.24) is 9.97 Å². The van der Waals surface area contributed by atoms with E-state index in [1.54, 1.807) is 12.3 Å². The Morgan fingerprint density at radius 3 is 2.74 bits per heavy atom. The molecular formula is C14H12N4O. The van der Waals surface area contributed by atoms with Crippen LogP contribution in [-0.4, -0.2) is 9.97 Å². The van der Waals surface area contributed by atoms with Crippen LogP contribution < -0.4 is 16.6 Å². The Morgan fingerprint density at radius 1 is 1.05 bits per heavy atom. The Labute approximate surface area is 109 Å². The van der Waals surface area contributed by atoms with Gasteiger partial charge in [-0.25, -0.2) is 4.98 Å². The summed E-state index contributed by atoms with van der Waals surface area (Å²) in [6.45, 7) is 0. The van der Waals surface area contributed by atoms with Gasteiger partial charge in [0.25, 0.3) is 0 Å². The maximum atomic E-state index is 11.3. The highest BCUT2D eigenvalue weighted by molar-refractivity contribution is 5.91. The standard InChI is InChI=1S/C14H12N4O/c15-10-3-1-2-4-12(10)17-11-7-8-16-14-9(11)5-6-13(19)18-14/h1-8H,15H2,(H2,16,17,18,19). The van der Waals surface area contributed by atoms with Crippen molar-refractivity contribution in [3.05, 3.63) is 59.0 Å². The highest BCUT2D eigenvalue weighted by Crippen LogP contribution is 2.26. The monoisotopic (exact) mass is 252 g/mol. The van der Waals surface area contributed by atoms with Crippen LogP contribution in [0.2, 0.25) is 0 Å². The van der Waals surface area contributed by atoms with Gasteiger partial charge in [0.2, 0.25) is 5.56 Å². The van der Waals surface area contributed by atoms with Crippen molar-refractivity contribution >= 4 is 28.1 Å². The van der Waals surface area contributed by atoms with Gasteiger partial charge in [0.05, 0.1) is 17.1 Å². The first kappa shape index (κ1) is 11.3. The van der Waals surface area contributed by atoms with Gasteiger partial charge in [-0.3, -0.25) is 4.79 Å². The topological polar surface area (TPSA) is 83.8 Å². The van der Waals surface area contributed by atoms with Gasteiger partial charge in [0.1, 0.15) is 5.65 Å². The number of rotatable bonds is 2. The number of hydrogen-bond acceptors (Lipinski definition) is 4. The van der Waals surface area contributed by atoms with Crippen molar-refractivity contribution in [2.24, 2.45) is 0 Å². The number of pyridine rings is 2. The lowest BCUT2D eigenvalue weighted by Crippen LogP contribution is -2.05. The summed E-state index contributed by atoms with van der Waals surface area (Å²) < 4.78 is 0. The molecule has 0 spiro atoms. The van der Waals surface area contributed by atoms with Crippen LogP contribution in [0.5, 0.6) is 0 Å². The zero-order chi connectivity index (χ0) is 13.2. The minimum absolute atomic E-state index is 0.170. The van der Waals surface area contributed by atoms with Crippen LogP contribution in [0.3, 0.4) is 0 Å². The van der Waals surface area contributed by atoms with Crippen LogP contribution in [0, 0.1) is 0 Å². The average molecular weight is 252 g/mol. The summed E-state index contributed by atoms with van der Waals surface area (Å²) in [5.41, 5.74) is 8.61. The quantitative estimate of drug-likeness (QED) is 0.611. The average Bonchev–Trinajstić information content (AvgIpc) is 2.41. The second-order valence-corrected chi connectivity index (χ2v) is 4.16. The molecule has 1 aromatic carbocycles. The normalized spacial score (nSPS) is 10.5. The van der Waals surface area contributed by atoms with E-state index in [-0.39, 0.29) is 5.56 Å². The summed E-state index contributed by atoms with van der Waals surface area (Å²) in [7, 11) is 0. The number of nitrogen functional groups attached to an aromatic ring is 1. The second-order valence-electron chi connectivity index (χ2n) is 4.16. The van der Waals surface area contributed by atoms with E-state index in [0.717, 1.165) is 16.8 Å². The predicted octanol–water partition coefficient (Wildman–Crippen LogP) is 2.25. The van der Waals surface area contributed by atoms with E-state index in [1.807, 2.05) is 30.3 Å². The lowest BCUT2D eigenvalue weighted by Gasteiger charge is -2.10. The fourth-order valence-corrected chi connectivity index (χ4v) is 1.92. The number of anilines is 3. The molecular weight excluding hydrogens is 240 g/mol. The number of nitrogens with one attached hydrogen (secondary N) is 2. The van der Waals surface area contributed by atoms with Gasteiger partial charge in [-0.2, -0.15) is 0 Å². The number of hydrogen-bond donors (Lipinski definition) is 3. The number of aromatic nitrogens is 2. The number of nitrogens with zero attached hydrogens (tertiary/aromatic N) is 1. The first-order chi connectivity index (χ1) is 9.24. The molecule has 0 aliphatic carbocycles. The van der Waals surface area contributed by atoms with E-state index in [4.69, 9.17) is 5.73 Å². The number of benzene rings is 1. The second kappa shape index (κ2) is 4.45. The molecule has 0 saturated heterocycles. The third kappa shape index (κ3) is 2.13. The van der Waals surface area contributed by atoms with Crippen molar-refractivity contribution in [3.8, 4) is 0 Å². The van der Waals surface area contributed by atoms with E-state index >= 15 is 0 Å². The Bertz CT molecular complexity index is 795. The zero-order valence-electron chi connectivity index (χ0n) is 10.1. The number of para-hydroxylation sites is 2. The molecule has 19 heavy (non-hydrogen) atoms. The number of aromatic amines is 1.